The topological polar surface area (TPSA) is 84.2 Å². The summed E-state index contributed by atoms with van der Waals surface area (Å²) >= 11 is 5.92. The zero-order valence-corrected chi connectivity index (χ0v) is 12.1. The Hall–Kier alpha value is -2.34. The van der Waals surface area contributed by atoms with E-state index in [1.165, 1.54) is 18.3 Å². The Kier molecular flexibility index (Phi) is 4.59. The molecule has 0 unspecified atom stereocenters. The van der Waals surface area contributed by atoms with Gasteiger partial charge in [0.25, 0.3) is 5.91 Å². The predicted molar refractivity (Wildman–Crippen MR) is 78.9 cm³/mol. The van der Waals surface area contributed by atoms with Gasteiger partial charge in [-0.15, -0.1) is 0 Å². The van der Waals surface area contributed by atoms with Gasteiger partial charge in [-0.2, -0.15) is 0 Å². The molecule has 0 bridgehead atoms. The normalized spacial score (nSPS) is 10.4. The number of carboxylic acid groups (broad SMARTS) is 1. The van der Waals surface area contributed by atoms with Crippen LogP contribution in [-0.4, -0.2) is 26.5 Å². The van der Waals surface area contributed by atoms with Crippen LogP contribution in [0.3, 0.4) is 0 Å². The van der Waals surface area contributed by atoms with Crippen molar-refractivity contribution in [3.05, 3.63) is 46.9 Å². The molecule has 0 saturated carbocycles. The fraction of sp³-hybridized carbons (Fsp3) is 0.214. The number of hydrogen-bond acceptors (Lipinski definition) is 3. The highest BCUT2D eigenvalue weighted by molar-refractivity contribution is 6.31. The Morgan fingerprint density at radius 1 is 1.43 bits per heavy atom. The molecule has 0 aliphatic rings. The largest absolute Gasteiger partial charge is 0.478 e. The van der Waals surface area contributed by atoms with E-state index in [1.807, 2.05) is 6.92 Å². The van der Waals surface area contributed by atoms with Gasteiger partial charge in [0.1, 0.15) is 11.5 Å². The van der Waals surface area contributed by atoms with E-state index >= 15 is 0 Å². The number of aromatic carboxylic acids is 1. The fourth-order valence-corrected chi connectivity index (χ4v) is 2.12. The number of pyridine rings is 1. The molecule has 21 heavy (non-hydrogen) atoms. The van der Waals surface area contributed by atoms with Crippen molar-refractivity contribution in [2.45, 2.75) is 19.9 Å². The van der Waals surface area contributed by atoms with E-state index in [0.717, 1.165) is 6.42 Å². The lowest BCUT2D eigenvalue weighted by atomic mass is 10.2. The predicted octanol–water partition coefficient (Wildman–Crippen LogP) is 2.90. The van der Waals surface area contributed by atoms with E-state index in [0.29, 0.717) is 17.3 Å². The summed E-state index contributed by atoms with van der Waals surface area (Å²) < 4.78 is 1.75. The molecule has 110 valence electrons. The number of halogens is 1. The van der Waals surface area contributed by atoms with Gasteiger partial charge in [-0.25, -0.2) is 9.78 Å². The number of carbonyl (C=O) groups excluding carboxylic acids is 1. The molecule has 0 aliphatic carbocycles. The van der Waals surface area contributed by atoms with Gasteiger partial charge in [0.15, 0.2) is 0 Å². The number of nitrogens with one attached hydrogen (secondary N) is 1. The Morgan fingerprint density at radius 2 is 2.19 bits per heavy atom. The summed E-state index contributed by atoms with van der Waals surface area (Å²) in [6.07, 6.45) is 3.87. The van der Waals surface area contributed by atoms with Crippen molar-refractivity contribution in [3.8, 4) is 0 Å². The second kappa shape index (κ2) is 6.41. The SMILES string of the molecule is CCCn1cc(Cl)cc1C(=O)Nc1cc(C(=O)O)ccn1. The molecule has 0 saturated heterocycles. The molecular weight excluding hydrogens is 294 g/mol. The summed E-state index contributed by atoms with van der Waals surface area (Å²) in [6.45, 7) is 2.66. The molecule has 2 aromatic heterocycles. The van der Waals surface area contributed by atoms with Crippen molar-refractivity contribution in [2.75, 3.05) is 5.32 Å². The molecule has 0 fully saturated rings. The minimum atomic E-state index is -1.08. The summed E-state index contributed by atoms with van der Waals surface area (Å²) in [6, 6.07) is 4.22. The van der Waals surface area contributed by atoms with Crippen LogP contribution in [-0.2, 0) is 6.54 Å². The number of nitrogens with zero attached hydrogens (tertiary/aromatic N) is 2. The number of carbonyl (C=O) groups is 2. The Balaban J connectivity index is 2.22. The Bertz CT molecular complexity index is 682. The summed E-state index contributed by atoms with van der Waals surface area (Å²) in [5.74, 6) is -1.28. The third-order valence-electron chi connectivity index (χ3n) is 2.81. The molecule has 1 amide bonds. The lowest BCUT2D eigenvalue weighted by molar-refractivity contribution is 0.0696. The van der Waals surface area contributed by atoms with Crippen LogP contribution in [0, 0.1) is 0 Å². The van der Waals surface area contributed by atoms with E-state index < -0.39 is 5.97 Å². The highest BCUT2D eigenvalue weighted by atomic mass is 35.5. The maximum Gasteiger partial charge on any atom is 0.335 e. The number of amides is 1. The quantitative estimate of drug-likeness (QED) is 0.889. The number of rotatable bonds is 5. The standard InChI is InChI=1S/C14H14ClN3O3/c1-2-5-18-8-10(15)7-11(18)13(19)17-12-6-9(14(20)21)3-4-16-12/h3-4,6-8H,2,5H2,1H3,(H,20,21)(H,16,17,19). The summed E-state index contributed by atoms with van der Waals surface area (Å²) in [4.78, 5) is 27.0. The second-order valence-corrected chi connectivity index (χ2v) is 4.86. The molecule has 0 aliphatic heterocycles. The molecule has 7 heteroatoms. The maximum atomic E-state index is 12.2. The van der Waals surface area contributed by atoms with E-state index in [9.17, 15) is 9.59 Å². The summed E-state index contributed by atoms with van der Waals surface area (Å²) in [5.41, 5.74) is 0.464. The third-order valence-corrected chi connectivity index (χ3v) is 3.02. The molecular formula is C14H14ClN3O3. The second-order valence-electron chi connectivity index (χ2n) is 4.43. The van der Waals surface area contributed by atoms with Gasteiger partial charge < -0.3 is 15.0 Å². The molecule has 0 atom stereocenters. The van der Waals surface area contributed by atoms with Crippen molar-refractivity contribution in [1.29, 1.82) is 0 Å². The van der Waals surface area contributed by atoms with Gasteiger partial charge in [-0.05, 0) is 24.6 Å². The zero-order chi connectivity index (χ0) is 15.4. The first-order valence-corrected chi connectivity index (χ1v) is 6.75. The molecule has 0 radical (unpaired) electrons. The number of aromatic nitrogens is 2. The Labute approximate surface area is 126 Å². The average Bonchev–Trinajstić information content (AvgIpc) is 2.80. The van der Waals surface area contributed by atoms with Crippen molar-refractivity contribution in [2.24, 2.45) is 0 Å². The van der Waals surface area contributed by atoms with Gasteiger partial charge in [0.2, 0.25) is 0 Å². The van der Waals surface area contributed by atoms with Crippen molar-refractivity contribution >= 4 is 29.3 Å². The van der Waals surface area contributed by atoms with Crippen LogP contribution in [0.4, 0.5) is 5.82 Å². The van der Waals surface area contributed by atoms with E-state index in [4.69, 9.17) is 16.7 Å². The number of hydrogen-bond donors (Lipinski definition) is 2. The minimum Gasteiger partial charge on any atom is -0.478 e. The maximum absolute atomic E-state index is 12.2. The van der Waals surface area contributed by atoms with Gasteiger partial charge in [0.05, 0.1) is 10.6 Å². The molecule has 0 spiro atoms. The number of anilines is 1. The molecule has 2 rings (SSSR count). The number of aryl methyl sites for hydroxylation is 1. The first-order chi connectivity index (χ1) is 10.0. The number of carboxylic acids is 1. The van der Waals surface area contributed by atoms with Crippen LogP contribution in [0.1, 0.15) is 34.2 Å². The summed E-state index contributed by atoms with van der Waals surface area (Å²) in [5, 5.41) is 12.0. The molecule has 6 nitrogen and oxygen atoms in total. The Morgan fingerprint density at radius 3 is 2.86 bits per heavy atom. The molecule has 2 N–H and O–H groups in total. The molecule has 2 aromatic rings. The van der Waals surface area contributed by atoms with Crippen molar-refractivity contribution < 1.29 is 14.7 Å². The van der Waals surface area contributed by atoms with Gasteiger partial charge >= 0.3 is 5.97 Å². The zero-order valence-electron chi connectivity index (χ0n) is 11.3. The van der Waals surface area contributed by atoms with Gasteiger partial charge in [-0.3, -0.25) is 4.79 Å². The van der Waals surface area contributed by atoms with Crippen LogP contribution in [0.15, 0.2) is 30.6 Å². The van der Waals surface area contributed by atoms with Crippen molar-refractivity contribution in [3.63, 3.8) is 0 Å². The van der Waals surface area contributed by atoms with Crippen LogP contribution in [0.2, 0.25) is 5.02 Å². The molecule has 0 aromatic carbocycles. The monoisotopic (exact) mass is 307 g/mol. The lowest BCUT2D eigenvalue weighted by Crippen LogP contribution is -2.17. The lowest BCUT2D eigenvalue weighted by Gasteiger charge is -2.08. The average molecular weight is 308 g/mol. The first kappa shape index (κ1) is 15.1. The fourth-order valence-electron chi connectivity index (χ4n) is 1.90. The van der Waals surface area contributed by atoms with E-state index in [2.05, 4.69) is 10.3 Å². The van der Waals surface area contributed by atoms with Crippen molar-refractivity contribution in [1.82, 2.24) is 9.55 Å². The first-order valence-electron chi connectivity index (χ1n) is 6.37. The van der Waals surface area contributed by atoms with Gasteiger partial charge in [0, 0.05) is 18.9 Å². The third kappa shape index (κ3) is 3.61. The van der Waals surface area contributed by atoms with E-state index in [1.54, 1.807) is 16.8 Å². The van der Waals surface area contributed by atoms with E-state index in [-0.39, 0.29) is 17.3 Å². The van der Waals surface area contributed by atoms with Gasteiger partial charge in [-0.1, -0.05) is 18.5 Å². The highest BCUT2D eigenvalue weighted by Crippen LogP contribution is 2.16. The van der Waals surface area contributed by atoms with Crippen LogP contribution in [0.5, 0.6) is 0 Å². The minimum absolute atomic E-state index is 0.0577. The molecule has 2 heterocycles. The highest BCUT2D eigenvalue weighted by Gasteiger charge is 2.14. The smallest absolute Gasteiger partial charge is 0.335 e. The van der Waals surface area contributed by atoms with Crippen LogP contribution < -0.4 is 5.32 Å². The van der Waals surface area contributed by atoms with Crippen LogP contribution >= 0.6 is 11.6 Å². The summed E-state index contributed by atoms with van der Waals surface area (Å²) in [7, 11) is 0. The van der Waals surface area contributed by atoms with Crippen LogP contribution in [0.25, 0.3) is 0 Å².